The summed E-state index contributed by atoms with van der Waals surface area (Å²) >= 11 is 0. The monoisotopic (exact) mass is 736 g/mol. The van der Waals surface area contributed by atoms with E-state index in [1.807, 2.05) is 12.3 Å². The average molecular weight is 737 g/mol. The number of benzene rings is 8. The van der Waals surface area contributed by atoms with Crippen LogP contribution in [0.15, 0.2) is 199 Å². The lowest BCUT2D eigenvalue weighted by molar-refractivity contribution is 0.669. The first-order valence-electron chi connectivity index (χ1n) is 19.9. The van der Waals surface area contributed by atoms with Crippen molar-refractivity contribution in [3.05, 3.63) is 217 Å². The molecule has 0 atom stereocenters. The van der Waals surface area contributed by atoms with Gasteiger partial charge in [-0.15, -0.1) is 0 Å². The van der Waals surface area contributed by atoms with Crippen molar-refractivity contribution < 1.29 is 4.42 Å². The first-order chi connectivity index (χ1) is 28.8. The van der Waals surface area contributed by atoms with Gasteiger partial charge < -0.3 is 4.42 Å². The van der Waals surface area contributed by atoms with E-state index in [0.717, 1.165) is 71.9 Å². The molecule has 3 heterocycles. The van der Waals surface area contributed by atoms with Gasteiger partial charge in [0.2, 0.25) is 0 Å². The molecule has 13 rings (SSSR count). The number of pyridine rings is 2. The Morgan fingerprint density at radius 2 is 1.00 bits per heavy atom. The predicted octanol–water partition coefficient (Wildman–Crippen LogP) is 14.0. The van der Waals surface area contributed by atoms with Crippen molar-refractivity contribution in [3.8, 4) is 55.9 Å². The number of rotatable bonds is 3. The molecule has 0 amide bonds. The average Bonchev–Trinajstić information content (AvgIpc) is 3.93. The minimum atomic E-state index is -0.529. The highest BCUT2D eigenvalue weighted by Gasteiger charge is 2.52. The van der Waals surface area contributed by atoms with E-state index in [-0.39, 0.29) is 0 Å². The number of nitrogens with zero attached hydrogens (tertiary/aromatic N) is 2. The van der Waals surface area contributed by atoms with E-state index in [0.29, 0.717) is 0 Å². The summed E-state index contributed by atoms with van der Waals surface area (Å²) in [6, 6.07) is 68.0. The molecule has 58 heavy (non-hydrogen) atoms. The third-order valence-electron chi connectivity index (χ3n) is 12.7. The van der Waals surface area contributed by atoms with Gasteiger partial charge in [0, 0.05) is 44.4 Å². The molecule has 268 valence electrons. The summed E-state index contributed by atoms with van der Waals surface area (Å²) in [5, 5.41) is 5.66. The van der Waals surface area contributed by atoms with Crippen LogP contribution in [0.25, 0.3) is 99.5 Å². The molecule has 0 unspecified atom stereocenters. The third-order valence-corrected chi connectivity index (χ3v) is 12.7. The topological polar surface area (TPSA) is 38.9 Å². The predicted molar refractivity (Wildman–Crippen MR) is 237 cm³/mol. The van der Waals surface area contributed by atoms with Gasteiger partial charge in [0.1, 0.15) is 11.2 Å². The Labute approximate surface area is 334 Å². The molecule has 11 aromatic rings. The number of aromatic nitrogens is 2. The van der Waals surface area contributed by atoms with E-state index in [9.17, 15) is 0 Å². The normalized spacial score (nSPS) is 13.3. The van der Waals surface area contributed by atoms with Crippen LogP contribution in [-0.4, -0.2) is 9.97 Å². The maximum Gasteiger partial charge on any atom is 0.144 e. The Hall–Kier alpha value is -7.62. The summed E-state index contributed by atoms with van der Waals surface area (Å²) < 4.78 is 7.10. The van der Waals surface area contributed by atoms with Crippen LogP contribution >= 0.6 is 0 Å². The zero-order valence-corrected chi connectivity index (χ0v) is 31.3. The van der Waals surface area contributed by atoms with E-state index < -0.39 is 5.41 Å². The molecule has 0 saturated carbocycles. The van der Waals surface area contributed by atoms with Gasteiger partial charge in [-0.05, 0) is 104 Å². The minimum absolute atomic E-state index is 0.529. The highest BCUT2D eigenvalue weighted by atomic mass is 16.3. The molecule has 0 fully saturated rings. The Kier molecular flexibility index (Phi) is 6.37. The molecule has 2 aliphatic rings. The quantitative estimate of drug-likeness (QED) is 0.170. The Morgan fingerprint density at radius 1 is 0.414 bits per heavy atom. The number of para-hydroxylation sites is 2. The van der Waals surface area contributed by atoms with Crippen LogP contribution in [0.2, 0.25) is 0 Å². The number of furan rings is 1. The molecule has 0 N–H and O–H groups in total. The first-order valence-corrected chi connectivity index (χ1v) is 19.9. The van der Waals surface area contributed by atoms with Crippen LogP contribution in [0.4, 0.5) is 0 Å². The molecular weight excluding hydrogens is 705 g/mol. The molecule has 0 aliphatic heterocycles. The van der Waals surface area contributed by atoms with Crippen molar-refractivity contribution in [2.45, 2.75) is 5.41 Å². The van der Waals surface area contributed by atoms with Crippen LogP contribution in [0.3, 0.4) is 0 Å². The largest absolute Gasteiger partial charge is 0.455 e. The van der Waals surface area contributed by atoms with Gasteiger partial charge in [0.05, 0.1) is 22.3 Å². The molecule has 1 spiro atoms. The summed E-state index contributed by atoms with van der Waals surface area (Å²) in [6.07, 6.45) is 1.87. The lowest BCUT2D eigenvalue weighted by Gasteiger charge is -2.30. The van der Waals surface area contributed by atoms with E-state index in [2.05, 4.69) is 182 Å². The smallest absolute Gasteiger partial charge is 0.144 e. The Morgan fingerprint density at radius 3 is 1.76 bits per heavy atom. The van der Waals surface area contributed by atoms with Crippen LogP contribution in [0, 0.1) is 0 Å². The maximum absolute atomic E-state index is 7.10. The number of hydrogen-bond acceptors (Lipinski definition) is 3. The fourth-order valence-electron chi connectivity index (χ4n) is 10.4. The van der Waals surface area contributed by atoms with Crippen molar-refractivity contribution in [1.29, 1.82) is 0 Å². The molecule has 3 nitrogen and oxygen atoms in total. The molecule has 2 aliphatic carbocycles. The molecule has 3 heteroatoms. The highest BCUT2D eigenvalue weighted by molar-refractivity contribution is 6.19. The Balaban J connectivity index is 1.19. The lowest BCUT2D eigenvalue weighted by atomic mass is 9.70. The van der Waals surface area contributed by atoms with Crippen LogP contribution < -0.4 is 0 Å². The third kappa shape index (κ3) is 4.12. The summed E-state index contributed by atoms with van der Waals surface area (Å²) in [5.74, 6) is 0. The standard InChI is InChI=1S/C55H32N2O/c1-2-19-40-36(15-1)39-18-6-11-26-49(39)57-53(40)35-30-33(29-34(31-35)48-25-13-14-28-56-48)43-32-47-52(54-51(43)42-21-7-12-27-50(42)58-54)41-20-5-10-24-46(41)55(47)44-22-8-3-16-37(44)38-17-4-9-23-45(38)55/h1-32H. The van der Waals surface area contributed by atoms with Crippen molar-refractivity contribution >= 4 is 43.6 Å². The SMILES string of the molecule is c1ccc(-c2cc(-c3nc4ccccc4c4ccccc34)cc(-c3cc4c(c5oc6ccccc6c35)-c3ccccc3C43c4ccccc4-c4ccccc43)c2)nc1. The maximum atomic E-state index is 7.10. The van der Waals surface area contributed by atoms with E-state index in [4.69, 9.17) is 14.4 Å². The second kappa shape index (κ2) is 11.7. The highest BCUT2D eigenvalue weighted by Crippen LogP contribution is 2.65. The van der Waals surface area contributed by atoms with Crippen LogP contribution in [0.1, 0.15) is 22.3 Å². The van der Waals surface area contributed by atoms with Gasteiger partial charge >= 0.3 is 0 Å². The summed E-state index contributed by atoms with van der Waals surface area (Å²) in [6.45, 7) is 0. The van der Waals surface area contributed by atoms with Crippen molar-refractivity contribution in [2.24, 2.45) is 0 Å². The van der Waals surface area contributed by atoms with Gasteiger partial charge in [-0.3, -0.25) is 4.98 Å². The van der Waals surface area contributed by atoms with Crippen molar-refractivity contribution in [2.75, 3.05) is 0 Å². The summed E-state index contributed by atoms with van der Waals surface area (Å²) in [7, 11) is 0. The molecule has 8 aromatic carbocycles. The van der Waals surface area contributed by atoms with E-state index in [1.165, 1.54) is 49.9 Å². The van der Waals surface area contributed by atoms with E-state index >= 15 is 0 Å². The lowest BCUT2D eigenvalue weighted by Crippen LogP contribution is -2.25. The van der Waals surface area contributed by atoms with Gasteiger partial charge in [-0.1, -0.05) is 140 Å². The molecule has 0 saturated heterocycles. The zero-order chi connectivity index (χ0) is 38.0. The first kappa shape index (κ1) is 31.6. The van der Waals surface area contributed by atoms with Crippen LogP contribution in [0.5, 0.6) is 0 Å². The van der Waals surface area contributed by atoms with Gasteiger partial charge in [-0.25, -0.2) is 4.98 Å². The van der Waals surface area contributed by atoms with Gasteiger partial charge in [0.15, 0.2) is 0 Å². The Bertz CT molecular complexity index is 3480. The second-order valence-electron chi connectivity index (χ2n) is 15.6. The molecule has 0 radical (unpaired) electrons. The van der Waals surface area contributed by atoms with E-state index in [1.54, 1.807) is 0 Å². The second-order valence-corrected chi connectivity index (χ2v) is 15.6. The molecule has 3 aromatic heterocycles. The zero-order valence-electron chi connectivity index (χ0n) is 31.3. The molecule has 0 bridgehead atoms. The van der Waals surface area contributed by atoms with Crippen molar-refractivity contribution in [3.63, 3.8) is 0 Å². The number of fused-ring (bicyclic) bond motifs is 17. The minimum Gasteiger partial charge on any atom is -0.455 e. The summed E-state index contributed by atoms with van der Waals surface area (Å²) in [5.41, 5.74) is 18.4. The van der Waals surface area contributed by atoms with Crippen molar-refractivity contribution in [1.82, 2.24) is 9.97 Å². The van der Waals surface area contributed by atoms with Gasteiger partial charge in [-0.2, -0.15) is 0 Å². The van der Waals surface area contributed by atoms with Crippen LogP contribution in [-0.2, 0) is 5.41 Å². The number of hydrogen-bond donors (Lipinski definition) is 0. The fourth-order valence-corrected chi connectivity index (χ4v) is 10.4. The fraction of sp³-hybridized carbons (Fsp3) is 0.0182. The summed E-state index contributed by atoms with van der Waals surface area (Å²) in [4.78, 5) is 10.3. The van der Waals surface area contributed by atoms with Gasteiger partial charge in [0.25, 0.3) is 0 Å². The molecular formula is C55H32N2O.